The second kappa shape index (κ2) is 3.28. The van der Waals surface area contributed by atoms with E-state index in [0.29, 0.717) is 0 Å². The number of aliphatic carboxylic acids is 1. The molecule has 0 heterocycles. The van der Waals surface area contributed by atoms with Crippen LogP contribution >= 0.6 is 23.2 Å². The maximum atomic E-state index is 10.0. The first kappa shape index (κ1) is 9.05. The van der Waals surface area contributed by atoms with Gasteiger partial charge in [0.05, 0.1) is 11.3 Å². The summed E-state index contributed by atoms with van der Waals surface area (Å²) in [6.45, 7) is 1.59. The normalized spacial score (nSPS) is 16.8. The zero-order chi connectivity index (χ0) is 7.49. The van der Waals surface area contributed by atoms with Crippen molar-refractivity contribution in [1.29, 1.82) is 0 Å². The number of halogens is 2. The first-order valence-electron chi connectivity index (χ1n) is 2.44. The fourth-order valence-electron chi connectivity index (χ4n) is 0.363. The molecular weight excluding hydrogens is 163 g/mol. The van der Waals surface area contributed by atoms with Gasteiger partial charge in [0.2, 0.25) is 0 Å². The number of rotatable bonds is 3. The Hall–Kier alpha value is 0.0500. The smallest absolute Gasteiger partial charge is 0.305 e. The van der Waals surface area contributed by atoms with Gasteiger partial charge in [0.25, 0.3) is 0 Å². The van der Waals surface area contributed by atoms with Gasteiger partial charge in [-0.15, -0.1) is 23.2 Å². The lowest BCUT2D eigenvalue weighted by atomic mass is 10.1. The molecule has 0 rings (SSSR count). The molecule has 0 saturated carbocycles. The predicted molar refractivity (Wildman–Crippen MR) is 37.2 cm³/mol. The van der Waals surface area contributed by atoms with E-state index in [4.69, 9.17) is 28.3 Å². The minimum absolute atomic E-state index is 0.0992. The first-order chi connectivity index (χ1) is 3.98. The van der Waals surface area contributed by atoms with Crippen molar-refractivity contribution < 1.29 is 9.90 Å². The zero-order valence-electron chi connectivity index (χ0n) is 5.03. The monoisotopic (exact) mass is 170 g/mol. The van der Waals surface area contributed by atoms with Gasteiger partial charge in [0, 0.05) is 5.88 Å². The number of carboxylic acid groups (broad SMARTS) is 1. The summed E-state index contributed by atoms with van der Waals surface area (Å²) in [5, 5.41) is 8.24. The molecule has 1 unspecified atom stereocenters. The van der Waals surface area contributed by atoms with E-state index in [2.05, 4.69) is 0 Å². The second-order valence-corrected chi connectivity index (χ2v) is 3.30. The van der Waals surface area contributed by atoms with Crippen molar-refractivity contribution >= 4 is 29.2 Å². The van der Waals surface area contributed by atoms with Crippen molar-refractivity contribution in [3.8, 4) is 0 Å². The lowest BCUT2D eigenvalue weighted by Gasteiger charge is -2.14. The summed E-state index contributed by atoms with van der Waals surface area (Å²) >= 11 is 10.9. The van der Waals surface area contributed by atoms with Gasteiger partial charge >= 0.3 is 5.97 Å². The summed E-state index contributed by atoms with van der Waals surface area (Å²) in [6.07, 6.45) is -0.0992. The van der Waals surface area contributed by atoms with Gasteiger partial charge in [-0.3, -0.25) is 4.79 Å². The Balaban J connectivity index is 3.71. The Morgan fingerprint density at radius 3 is 2.33 bits per heavy atom. The zero-order valence-corrected chi connectivity index (χ0v) is 6.54. The summed E-state index contributed by atoms with van der Waals surface area (Å²) in [5.74, 6) is -0.769. The fourth-order valence-corrected chi connectivity index (χ4v) is 0.571. The molecule has 0 fully saturated rings. The molecule has 0 aromatic rings. The van der Waals surface area contributed by atoms with Crippen LogP contribution in [0.5, 0.6) is 0 Å². The van der Waals surface area contributed by atoms with E-state index < -0.39 is 10.8 Å². The van der Waals surface area contributed by atoms with E-state index >= 15 is 0 Å². The Kier molecular flexibility index (Phi) is 3.30. The molecule has 0 aromatic heterocycles. The predicted octanol–water partition coefficient (Wildman–Crippen LogP) is 1.70. The summed E-state index contributed by atoms with van der Waals surface area (Å²) in [5.41, 5.74) is 0. The molecule has 1 atom stereocenters. The summed E-state index contributed by atoms with van der Waals surface area (Å²) in [7, 11) is 0. The molecule has 0 saturated heterocycles. The van der Waals surface area contributed by atoms with Crippen LogP contribution < -0.4 is 0 Å². The van der Waals surface area contributed by atoms with Gasteiger partial charge in [-0.2, -0.15) is 0 Å². The van der Waals surface area contributed by atoms with Gasteiger partial charge < -0.3 is 5.11 Å². The average molecular weight is 171 g/mol. The third-order valence-corrected chi connectivity index (χ3v) is 1.79. The van der Waals surface area contributed by atoms with Gasteiger partial charge in [0.15, 0.2) is 0 Å². The lowest BCUT2D eigenvalue weighted by molar-refractivity contribution is -0.137. The van der Waals surface area contributed by atoms with Crippen molar-refractivity contribution in [3.63, 3.8) is 0 Å². The number of carbonyl (C=O) groups is 1. The van der Waals surface area contributed by atoms with Crippen LogP contribution in [0.2, 0.25) is 0 Å². The highest BCUT2D eigenvalue weighted by Gasteiger charge is 2.22. The van der Waals surface area contributed by atoms with E-state index in [0.717, 1.165) is 0 Å². The largest absolute Gasteiger partial charge is 0.481 e. The van der Waals surface area contributed by atoms with Crippen molar-refractivity contribution in [2.75, 3.05) is 5.88 Å². The van der Waals surface area contributed by atoms with E-state index in [1.54, 1.807) is 6.92 Å². The van der Waals surface area contributed by atoms with E-state index in [-0.39, 0.29) is 12.3 Å². The van der Waals surface area contributed by atoms with Crippen LogP contribution in [0.3, 0.4) is 0 Å². The van der Waals surface area contributed by atoms with Crippen LogP contribution in [0.25, 0.3) is 0 Å². The second-order valence-electron chi connectivity index (χ2n) is 2.12. The molecule has 0 spiro atoms. The third-order valence-electron chi connectivity index (χ3n) is 0.798. The molecule has 4 heteroatoms. The molecule has 0 aliphatic rings. The average Bonchev–Trinajstić information content (AvgIpc) is 1.63. The van der Waals surface area contributed by atoms with E-state index in [1.807, 2.05) is 0 Å². The first-order valence-corrected chi connectivity index (χ1v) is 3.36. The fraction of sp³-hybridized carbons (Fsp3) is 0.800. The van der Waals surface area contributed by atoms with E-state index in [1.165, 1.54) is 0 Å². The quantitative estimate of drug-likeness (QED) is 0.656. The number of carboxylic acids is 1. The van der Waals surface area contributed by atoms with E-state index in [9.17, 15) is 4.79 Å². The summed E-state index contributed by atoms with van der Waals surface area (Å²) in [6, 6.07) is 0. The maximum absolute atomic E-state index is 10.0. The van der Waals surface area contributed by atoms with Crippen LogP contribution in [-0.4, -0.2) is 21.8 Å². The molecular formula is C5H8Cl2O2. The standard InChI is InChI=1S/C5H8Cl2O2/c1-5(7,3-6)2-4(8)9/h2-3H2,1H3,(H,8,9). The Morgan fingerprint density at radius 2 is 2.22 bits per heavy atom. The molecule has 54 valence electrons. The van der Waals surface area contributed by atoms with Gasteiger partial charge in [-0.1, -0.05) is 0 Å². The van der Waals surface area contributed by atoms with Crippen molar-refractivity contribution in [2.45, 2.75) is 18.2 Å². The SMILES string of the molecule is CC(Cl)(CCl)CC(=O)O. The minimum atomic E-state index is -0.923. The number of alkyl halides is 2. The molecule has 0 bridgehead atoms. The van der Waals surface area contributed by atoms with Crippen molar-refractivity contribution in [2.24, 2.45) is 0 Å². The molecule has 0 aliphatic heterocycles. The van der Waals surface area contributed by atoms with Crippen molar-refractivity contribution in [1.82, 2.24) is 0 Å². The number of hydrogen-bond donors (Lipinski definition) is 1. The van der Waals surface area contributed by atoms with Crippen LogP contribution in [0.4, 0.5) is 0 Å². The molecule has 0 aliphatic carbocycles. The molecule has 9 heavy (non-hydrogen) atoms. The van der Waals surface area contributed by atoms with Gasteiger partial charge in [-0.05, 0) is 6.92 Å². The van der Waals surface area contributed by atoms with Gasteiger partial charge in [-0.25, -0.2) is 0 Å². The summed E-state index contributed by atoms with van der Waals surface area (Å²) in [4.78, 5) is 9.23. The molecule has 2 nitrogen and oxygen atoms in total. The Bertz CT molecular complexity index is 112. The van der Waals surface area contributed by atoms with Crippen molar-refractivity contribution in [3.05, 3.63) is 0 Å². The highest BCUT2D eigenvalue weighted by Crippen LogP contribution is 2.20. The Labute approximate surface area is 63.8 Å². The maximum Gasteiger partial charge on any atom is 0.305 e. The Morgan fingerprint density at radius 1 is 1.78 bits per heavy atom. The van der Waals surface area contributed by atoms with Crippen LogP contribution in [0.1, 0.15) is 13.3 Å². The van der Waals surface area contributed by atoms with Gasteiger partial charge in [0.1, 0.15) is 0 Å². The highest BCUT2D eigenvalue weighted by atomic mass is 35.5. The van der Waals surface area contributed by atoms with Crippen LogP contribution in [0.15, 0.2) is 0 Å². The summed E-state index contributed by atoms with van der Waals surface area (Å²) < 4.78 is 0. The molecule has 1 N–H and O–H groups in total. The third kappa shape index (κ3) is 4.55. The molecule has 0 radical (unpaired) electrons. The van der Waals surface area contributed by atoms with Crippen LogP contribution in [0, 0.1) is 0 Å². The molecule has 0 aromatic carbocycles. The molecule has 0 amide bonds. The topological polar surface area (TPSA) is 37.3 Å². The van der Waals surface area contributed by atoms with Crippen LogP contribution in [-0.2, 0) is 4.79 Å². The highest BCUT2D eigenvalue weighted by molar-refractivity contribution is 6.31. The number of hydrogen-bond acceptors (Lipinski definition) is 1. The minimum Gasteiger partial charge on any atom is -0.481 e. The lowest BCUT2D eigenvalue weighted by Crippen LogP contribution is -2.22.